The molecule has 2 aromatic carbocycles. The number of fused-ring (bicyclic) bond motifs is 1. The van der Waals surface area contributed by atoms with Crippen molar-refractivity contribution in [3.05, 3.63) is 70.8 Å². The highest BCUT2D eigenvalue weighted by atomic mass is 16.5. The number of unbranched alkanes of at least 4 members (excludes halogenated alkanes) is 4. The molecule has 2 aromatic rings. The first kappa shape index (κ1) is 25.1. The van der Waals surface area contributed by atoms with Crippen LogP contribution in [0.4, 0.5) is 0 Å². The number of hydrogen-bond donors (Lipinski definition) is 1. The molecule has 3 rings (SSSR count). The third-order valence-corrected chi connectivity index (χ3v) is 7.26. The van der Waals surface area contributed by atoms with Gasteiger partial charge in [-0.05, 0) is 76.6 Å². The van der Waals surface area contributed by atoms with Gasteiger partial charge in [-0.3, -0.25) is 0 Å². The van der Waals surface area contributed by atoms with Gasteiger partial charge in [0.2, 0.25) is 0 Å². The quantitative estimate of drug-likeness (QED) is 0.373. The molecule has 3 nitrogen and oxygen atoms in total. The van der Waals surface area contributed by atoms with Crippen molar-refractivity contribution in [2.75, 3.05) is 6.61 Å². The number of aromatic carboxylic acids is 1. The maximum Gasteiger partial charge on any atom is 0.335 e. The molecule has 0 bridgehead atoms. The molecule has 178 valence electrons. The van der Waals surface area contributed by atoms with Crippen molar-refractivity contribution in [2.45, 2.75) is 90.4 Å². The van der Waals surface area contributed by atoms with Gasteiger partial charge < -0.3 is 9.84 Å². The molecule has 1 aliphatic rings. The second-order valence-corrected chi connectivity index (χ2v) is 10.8. The van der Waals surface area contributed by atoms with Gasteiger partial charge in [0.1, 0.15) is 5.75 Å². The number of ether oxygens (including phenoxy) is 1. The lowest BCUT2D eigenvalue weighted by atomic mass is 9.62. The van der Waals surface area contributed by atoms with Crippen LogP contribution in [0.25, 0.3) is 5.57 Å². The summed E-state index contributed by atoms with van der Waals surface area (Å²) in [4.78, 5) is 11.3. The third kappa shape index (κ3) is 5.69. The minimum Gasteiger partial charge on any atom is -0.493 e. The largest absolute Gasteiger partial charge is 0.493 e. The van der Waals surface area contributed by atoms with Gasteiger partial charge in [-0.2, -0.15) is 0 Å². The molecule has 0 unspecified atom stereocenters. The molecule has 0 saturated carbocycles. The Morgan fingerprint density at radius 1 is 0.909 bits per heavy atom. The molecule has 0 saturated heterocycles. The van der Waals surface area contributed by atoms with Gasteiger partial charge >= 0.3 is 5.97 Å². The Kier molecular flexibility index (Phi) is 7.72. The van der Waals surface area contributed by atoms with Crippen LogP contribution in [0.1, 0.15) is 112 Å². The van der Waals surface area contributed by atoms with Crippen molar-refractivity contribution in [1.29, 1.82) is 0 Å². The van der Waals surface area contributed by atoms with Crippen molar-refractivity contribution in [1.82, 2.24) is 0 Å². The first-order valence-corrected chi connectivity index (χ1v) is 12.4. The molecule has 1 aliphatic carbocycles. The molecule has 0 atom stereocenters. The van der Waals surface area contributed by atoms with E-state index in [1.54, 1.807) is 12.1 Å². The van der Waals surface area contributed by atoms with Crippen LogP contribution in [-0.4, -0.2) is 17.7 Å². The Bertz CT molecular complexity index is 996. The zero-order chi connectivity index (χ0) is 24.2. The lowest BCUT2D eigenvalue weighted by Gasteiger charge is -2.42. The number of benzene rings is 2. The van der Waals surface area contributed by atoms with Gasteiger partial charge in [0, 0.05) is 5.56 Å². The van der Waals surface area contributed by atoms with Gasteiger partial charge in [0.05, 0.1) is 12.2 Å². The van der Waals surface area contributed by atoms with Crippen molar-refractivity contribution in [3.8, 4) is 5.75 Å². The van der Waals surface area contributed by atoms with Crippen molar-refractivity contribution >= 4 is 11.5 Å². The monoisotopic (exact) mass is 448 g/mol. The predicted molar refractivity (Wildman–Crippen MR) is 138 cm³/mol. The van der Waals surface area contributed by atoms with Gasteiger partial charge in [-0.1, -0.05) is 79.0 Å². The van der Waals surface area contributed by atoms with E-state index in [-0.39, 0.29) is 16.4 Å². The summed E-state index contributed by atoms with van der Waals surface area (Å²) in [5.41, 5.74) is 6.01. The standard InChI is InChI=1S/C30H40O3/c1-7-8-9-10-11-18-33-27-20-26-25(29(3,4)16-17-30(26,5)6)19-24(27)21(2)22-12-14-23(15-13-22)28(31)32/h12-15,19-20H,2,7-11,16-18H2,1,3-6H3,(H,31,32). The number of carboxylic acid groups (broad SMARTS) is 1. The van der Waals surface area contributed by atoms with Crippen LogP contribution in [0.5, 0.6) is 5.75 Å². The Morgan fingerprint density at radius 2 is 1.45 bits per heavy atom. The second kappa shape index (κ2) is 10.2. The highest BCUT2D eigenvalue weighted by Crippen LogP contribution is 2.48. The maximum atomic E-state index is 11.3. The van der Waals surface area contributed by atoms with E-state index in [4.69, 9.17) is 4.74 Å². The van der Waals surface area contributed by atoms with Gasteiger partial charge in [0.25, 0.3) is 0 Å². The number of carbonyl (C=O) groups is 1. The number of carboxylic acids is 1. The first-order valence-electron chi connectivity index (χ1n) is 12.4. The molecule has 0 fully saturated rings. The summed E-state index contributed by atoms with van der Waals surface area (Å²) >= 11 is 0. The van der Waals surface area contributed by atoms with Crippen LogP contribution < -0.4 is 4.74 Å². The minimum atomic E-state index is -0.919. The highest BCUT2D eigenvalue weighted by Gasteiger charge is 2.38. The normalized spacial score (nSPS) is 16.2. The van der Waals surface area contributed by atoms with Crippen LogP contribution in [0.15, 0.2) is 43.0 Å². The summed E-state index contributed by atoms with van der Waals surface area (Å²) in [6, 6.07) is 11.5. The Balaban J connectivity index is 1.98. The average Bonchev–Trinajstić information content (AvgIpc) is 2.78. The van der Waals surface area contributed by atoms with Gasteiger partial charge in [-0.25, -0.2) is 4.79 Å². The summed E-state index contributed by atoms with van der Waals surface area (Å²) in [5.74, 6) is -0.0284. The molecule has 3 heteroatoms. The van der Waals surface area contributed by atoms with Crippen molar-refractivity contribution in [2.24, 2.45) is 0 Å². The molecule has 0 aromatic heterocycles. The van der Waals surface area contributed by atoms with Crippen molar-refractivity contribution < 1.29 is 14.6 Å². The van der Waals surface area contributed by atoms with Crippen LogP contribution in [0, 0.1) is 0 Å². The van der Waals surface area contributed by atoms with Gasteiger partial charge in [0.15, 0.2) is 0 Å². The summed E-state index contributed by atoms with van der Waals surface area (Å²) in [7, 11) is 0. The van der Waals surface area contributed by atoms with Crippen LogP contribution in [0.3, 0.4) is 0 Å². The molecule has 33 heavy (non-hydrogen) atoms. The van der Waals surface area contributed by atoms with E-state index in [0.717, 1.165) is 41.7 Å². The summed E-state index contributed by atoms with van der Waals surface area (Å²) in [5, 5.41) is 9.25. The smallest absolute Gasteiger partial charge is 0.335 e. The second-order valence-electron chi connectivity index (χ2n) is 10.8. The molecular weight excluding hydrogens is 408 g/mol. The number of hydrogen-bond acceptors (Lipinski definition) is 2. The van der Waals surface area contributed by atoms with Crippen LogP contribution in [0.2, 0.25) is 0 Å². The molecule has 0 aliphatic heterocycles. The fourth-order valence-corrected chi connectivity index (χ4v) is 4.81. The lowest BCUT2D eigenvalue weighted by molar-refractivity contribution is 0.0697. The summed E-state index contributed by atoms with van der Waals surface area (Å²) in [6.07, 6.45) is 8.29. The molecule has 1 N–H and O–H groups in total. The fraction of sp³-hybridized carbons (Fsp3) is 0.500. The molecular formula is C30H40O3. The average molecular weight is 449 g/mol. The summed E-state index contributed by atoms with van der Waals surface area (Å²) in [6.45, 7) is 16.6. The van der Waals surface area contributed by atoms with Crippen molar-refractivity contribution in [3.63, 3.8) is 0 Å². The topological polar surface area (TPSA) is 46.5 Å². The Labute approximate surface area is 199 Å². The Hall–Kier alpha value is -2.55. The maximum absolute atomic E-state index is 11.3. The molecule has 0 amide bonds. The SMILES string of the molecule is C=C(c1ccc(C(=O)O)cc1)c1cc2c(cc1OCCCCCCC)C(C)(C)CCC2(C)C. The number of rotatable bonds is 10. The minimum absolute atomic E-state index is 0.0890. The zero-order valence-electron chi connectivity index (χ0n) is 21.1. The molecule has 0 spiro atoms. The predicted octanol–water partition coefficient (Wildman–Crippen LogP) is 8.14. The van der Waals surface area contributed by atoms with Crippen LogP contribution >= 0.6 is 0 Å². The van der Waals surface area contributed by atoms with E-state index < -0.39 is 5.97 Å². The van der Waals surface area contributed by atoms with E-state index in [1.807, 2.05) is 12.1 Å². The van der Waals surface area contributed by atoms with E-state index in [2.05, 4.69) is 53.3 Å². The molecule has 0 radical (unpaired) electrons. The molecule has 0 heterocycles. The zero-order valence-corrected chi connectivity index (χ0v) is 21.1. The van der Waals surface area contributed by atoms with Crippen LogP contribution in [-0.2, 0) is 10.8 Å². The highest BCUT2D eigenvalue weighted by molar-refractivity contribution is 5.89. The fourth-order valence-electron chi connectivity index (χ4n) is 4.81. The summed E-state index contributed by atoms with van der Waals surface area (Å²) < 4.78 is 6.39. The van der Waals surface area contributed by atoms with E-state index in [0.29, 0.717) is 6.61 Å². The van der Waals surface area contributed by atoms with E-state index in [9.17, 15) is 9.90 Å². The Morgan fingerprint density at radius 3 is 2.03 bits per heavy atom. The van der Waals surface area contributed by atoms with E-state index >= 15 is 0 Å². The lowest BCUT2D eigenvalue weighted by Crippen LogP contribution is -2.34. The first-order chi connectivity index (χ1) is 15.6. The third-order valence-electron chi connectivity index (χ3n) is 7.26. The van der Waals surface area contributed by atoms with E-state index in [1.165, 1.54) is 36.8 Å². The van der Waals surface area contributed by atoms with Gasteiger partial charge in [-0.15, -0.1) is 0 Å².